The maximum Gasteiger partial charge on any atom is 0.225 e. The van der Waals surface area contributed by atoms with Crippen molar-refractivity contribution in [2.45, 2.75) is 40.0 Å². The molecule has 1 aliphatic heterocycles. The molecule has 1 heterocycles. The van der Waals surface area contributed by atoms with Crippen LogP contribution in [0.15, 0.2) is 0 Å². The first-order chi connectivity index (χ1) is 8.51. The van der Waals surface area contributed by atoms with Crippen LogP contribution in [0.2, 0.25) is 0 Å². The molecule has 2 N–H and O–H groups in total. The van der Waals surface area contributed by atoms with Gasteiger partial charge in [0.25, 0.3) is 0 Å². The summed E-state index contributed by atoms with van der Waals surface area (Å²) in [5.74, 6) is 0.302. The number of amides is 1. The fourth-order valence-electron chi connectivity index (χ4n) is 2.48. The third-order valence-corrected chi connectivity index (χ3v) is 4.13. The van der Waals surface area contributed by atoms with Gasteiger partial charge in [0.2, 0.25) is 5.91 Å². The largest absolute Gasteiger partial charge is 0.396 e. The zero-order valence-electron chi connectivity index (χ0n) is 11.9. The van der Waals surface area contributed by atoms with E-state index in [9.17, 15) is 4.79 Å². The second-order valence-electron chi connectivity index (χ2n) is 5.88. The van der Waals surface area contributed by atoms with Gasteiger partial charge in [-0.15, -0.1) is 0 Å². The summed E-state index contributed by atoms with van der Waals surface area (Å²) < 4.78 is 5.37. The highest BCUT2D eigenvalue weighted by atomic mass is 16.5. The van der Waals surface area contributed by atoms with Gasteiger partial charge >= 0.3 is 0 Å². The molecule has 0 bridgehead atoms. The van der Waals surface area contributed by atoms with Crippen molar-refractivity contribution in [2.24, 2.45) is 17.3 Å². The van der Waals surface area contributed by atoms with Crippen molar-refractivity contribution in [3.8, 4) is 0 Å². The maximum atomic E-state index is 11.8. The fourth-order valence-corrected chi connectivity index (χ4v) is 2.48. The molecule has 1 unspecified atom stereocenters. The fraction of sp³-hybridized carbons (Fsp3) is 0.929. The molecule has 1 atom stereocenters. The molecule has 106 valence electrons. The van der Waals surface area contributed by atoms with E-state index in [0.29, 0.717) is 18.9 Å². The summed E-state index contributed by atoms with van der Waals surface area (Å²) in [6.07, 6.45) is 2.82. The third-order valence-electron chi connectivity index (χ3n) is 4.13. The predicted molar refractivity (Wildman–Crippen MR) is 71.2 cm³/mol. The minimum atomic E-state index is -0.268. The van der Waals surface area contributed by atoms with Crippen LogP contribution >= 0.6 is 0 Å². The van der Waals surface area contributed by atoms with Crippen LogP contribution in [-0.2, 0) is 9.53 Å². The summed E-state index contributed by atoms with van der Waals surface area (Å²) in [4.78, 5) is 11.8. The summed E-state index contributed by atoms with van der Waals surface area (Å²) >= 11 is 0. The normalized spacial score (nSPS) is 19.6. The number of carbonyl (C=O) groups is 1. The van der Waals surface area contributed by atoms with E-state index >= 15 is 0 Å². The molecule has 0 radical (unpaired) electrons. The Bertz CT molecular complexity index is 256. The minimum Gasteiger partial charge on any atom is -0.396 e. The molecule has 0 aliphatic carbocycles. The van der Waals surface area contributed by atoms with Crippen LogP contribution < -0.4 is 5.32 Å². The molecule has 4 heteroatoms. The lowest BCUT2D eigenvalue weighted by Crippen LogP contribution is -2.43. The van der Waals surface area contributed by atoms with E-state index in [1.165, 1.54) is 0 Å². The molecule has 1 amide bonds. The van der Waals surface area contributed by atoms with Crippen LogP contribution in [-0.4, -0.2) is 37.4 Å². The number of nitrogens with one attached hydrogen (secondary N) is 1. The van der Waals surface area contributed by atoms with Crippen LogP contribution in [0.5, 0.6) is 0 Å². The highest BCUT2D eigenvalue weighted by Gasteiger charge is 2.31. The predicted octanol–water partition coefficient (Wildman–Crippen LogP) is 1.57. The van der Waals surface area contributed by atoms with Crippen LogP contribution in [0, 0.1) is 17.3 Å². The first-order valence-corrected chi connectivity index (χ1v) is 6.97. The second kappa shape index (κ2) is 7.10. The molecule has 0 aromatic rings. The molecule has 18 heavy (non-hydrogen) atoms. The van der Waals surface area contributed by atoms with Crippen LogP contribution in [0.25, 0.3) is 0 Å². The molecule has 0 aromatic heterocycles. The molecule has 0 saturated carbocycles. The number of carbonyl (C=O) groups excluding carboxylic acids is 1. The van der Waals surface area contributed by atoms with Gasteiger partial charge in [-0.3, -0.25) is 4.79 Å². The van der Waals surface area contributed by atoms with Crippen LogP contribution in [0.1, 0.15) is 40.0 Å². The van der Waals surface area contributed by atoms with Gasteiger partial charge in [-0.25, -0.2) is 0 Å². The molecule has 0 aromatic carbocycles. The monoisotopic (exact) mass is 257 g/mol. The molecule has 0 spiro atoms. The Balaban J connectivity index is 2.42. The van der Waals surface area contributed by atoms with Crippen molar-refractivity contribution in [2.75, 3.05) is 26.4 Å². The Hall–Kier alpha value is -0.610. The van der Waals surface area contributed by atoms with E-state index in [1.54, 1.807) is 0 Å². The zero-order valence-corrected chi connectivity index (χ0v) is 11.9. The molecule has 4 nitrogen and oxygen atoms in total. The van der Waals surface area contributed by atoms with Crippen LogP contribution in [0.4, 0.5) is 0 Å². The van der Waals surface area contributed by atoms with E-state index in [1.807, 2.05) is 6.92 Å². The van der Waals surface area contributed by atoms with Gasteiger partial charge in [0.15, 0.2) is 0 Å². The lowest BCUT2D eigenvalue weighted by atomic mass is 9.74. The third kappa shape index (κ3) is 4.25. The van der Waals surface area contributed by atoms with Crippen molar-refractivity contribution >= 4 is 5.91 Å². The van der Waals surface area contributed by atoms with E-state index < -0.39 is 0 Å². The van der Waals surface area contributed by atoms with Gasteiger partial charge in [0.1, 0.15) is 0 Å². The lowest BCUT2D eigenvalue weighted by molar-refractivity contribution is -0.127. The molecule has 1 fully saturated rings. The first-order valence-electron chi connectivity index (χ1n) is 6.97. The van der Waals surface area contributed by atoms with Gasteiger partial charge < -0.3 is 15.2 Å². The molecular weight excluding hydrogens is 230 g/mol. The maximum absolute atomic E-state index is 11.8. The average molecular weight is 257 g/mol. The van der Waals surface area contributed by atoms with Crippen molar-refractivity contribution in [1.82, 2.24) is 5.32 Å². The van der Waals surface area contributed by atoms with Crippen molar-refractivity contribution in [3.05, 3.63) is 0 Å². The highest BCUT2D eigenvalue weighted by Crippen LogP contribution is 2.33. The lowest BCUT2D eigenvalue weighted by Gasteiger charge is -2.37. The summed E-state index contributed by atoms with van der Waals surface area (Å²) in [7, 11) is 0. The van der Waals surface area contributed by atoms with Gasteiger partial charge in [-0.2, -0.15) is 0 Å². The van der Waals surface area contributed by atoms with Gasteiger partial charge in [-0.05, 0) is 30.6 Å². The number of hydrogen-bond acceptors (Lipinski definition) is 3. The van der Waals surface area contributed by atoms with Crippen LogP contribution in [0.3, 0.4) is 0 Å². The number of ether oxygens (including phenoxy) is 1. The van der Waals surface area contributed by atoms with E-state index in [2.05, 4.69) is 19.2 Å². The Kier molecular flexibility index (Phi) is 6.09. The summed E-state index contributed by atoms with van der Waals surface area (Å²) in [5.41, 5.74) is 0.0905. The molecule has 1 saturated heterocycles. The summed E-state index contributed by atoms with van der Waals surface area (Å²) in [5, 5.41) is 12.1. The number of hydrogen-bond donors (Lipinski definition) is 2. The number of aliphatic hydroxyl groups excluding tert-OH is 1. The topological polar surface area (TPSA) is 58.6 Å². The zero-order chi connectivity index (χ0) is 13.6. The van der Waals surface area contributed by atoms with E-state index in [4.69, 9.17) is 9.84 Å². The Labute approximate surface area is 110 Å². The minimum absolute atomic E-state index is 0.0277. The molecule has 1 aliphatic rings. The van der Waals surface area contributed by atoms with Gasteiger partial charge in [0, 0.05) is 19.8 Å². The SMILES string of the molecule is CCC(CO)C(=O)NCC(C)(C)C1CCOCC1. The van der Waals surface area contributed by atoms with Crippen molar-refractivity contribution < 1.29 is 14.6 Å². The number of aliphatic hydroxyl groups is 1. The quantitative estimate of drug-likeness (QED) is 0.759. The first kappa shape index (κ1) is 15.4. The molecular formula is C14H27NO3. The van der Waals surface area contributed by atoms with E-state index in [0.717, 1.165) is 26.1 Å². The highest BCUT2D eigenvalue weighted by molar-refractivity contribution is 5.78. The second-order valence-corrected chi connectivity index (χ2v) is 5.88. The average Bonchev–Trinajstić information content (AvgIpc) is 2.39. The summed E-state index contributed by atoms with van der Waals surface area (Å²) in [6.45, 7) is 8.58. The standard InChI is InChI=1S/C14H27NO3/c1-4-11(9-16)13(17)15-10-14(2,3)12-5-7-18-8-6-12/h11-12,16H,4-10H2,1-3H3,(H,15,17). The number of rotatable bonds is 6. The Morgan fingerprint density at radius 2 is 2.06 bits per heavy atom. The molecule has 1 rings (SSSR count). The Morgan fingerprint density at radius 1 is 1.44 bits per heavy atom. The van der Waals surface area contributed by atoms with Crippen molar-refractivity contribution in [3.63, 3.8) is 0 Å². The summed E-state index contributed by atoms with van der Waals surface area (Å²) in [6, 6.07) is 0. The van der Waals surface area contributed by atoms with Gasteiger partial charge in [-0.1, -0.05) is 20.8 Å². The van der Waals surface area contributed by atoms with Gasteiger partial charge in [0.05, 0.1) is 12.5 Å². The Morgan fingerprint density at radius 3 is 2.56 bits per heavy atom. The van der Waals surface area contributed by atoms with E-state index in [-0.39, 0.29) is 23.8 Å². The van der Waals surface area contributed by atoms with Crippen molar-refractivity contribution in [1.29, 1.82) is 0 Å². The smallest absolute Gasteiger partial charge is 0.225 e.